The average molecular weight is 235 g/mol. The highest BCUT2D eigenvalue weighted by molar-refractivity contribution is 5.85. The number of nitrogen functional groups attached to an aromatic ring is 1. The standard InChI is InChI=1S/C10H14N2.2ClH/c1-12-6-2-3-8-4-5-9(11)7-10(8)12;;/h4-5,7H,2-3,6,11H2,1H3;2*1H. The van der Waals surface area contributed by atoms with Crippen LogP contribution in [-0.4, -0.2) is 13.6 Å². The normalized spacial score (nSPS) is 13.6. The van der Waals surface area contributed by atoms with Crippen LogP contribution in [0.2, 0.25) is 0 Å². The van der Waals surface area contributed by atoms with E-state index in [9.17, 15) is 0 Å². The van der Waals surface area contributed by atoms with Crippen LogP contribution in [0.5, 0.6) is 0 Å². The first-order chi connectivity index (χ1) is 5.77. The van der Waals surface area contributed by atoms with Crippen molar-refractivity contribution in [2.45, 2.75) is 12.8 Å². The van der Waals surface area contributed by atoms with Crippen LogP contribution in [0.25, 0.3) is 0 Å². The van der Waals surface area contributed by atoms with Crippen LogP contribution in [0.4, 0.5) is 11.4 Å². The molecule has 0 atom stereocenters. The summed E-state index contributed by atoms with van der Waals surface area (Å²) in [6, 6.07) is 6.19. The van der Waals surface area contributed by atoms with Crippen molar-refractivity contribution in [2.24, 2.45) is 0 Å². The van der Waals surface area contributed by atoms with Gasteiger partial charge in [-0.2, -0.15) is 0 Å². The third-order valence-corrected chi connectivity index (χ3v) is 2.46. The van der Waals surface area contributed by atoms with Crippen molar-refractivity contribution in [2.75, 3.05) is 24.2 Å². The van der Waals surface area contributed by atoms with Crippen molar-refractivity contribution in [3.63, 3.8) is 0 Å². The second-order valence-corrected chi connectivity index (χ2v) is 3.41. The molecular formula is C10H16Cl2N2. The number of hydrogen-bond acceptors (Lipinski definition) is 2. The van der Waals surface area contributed by atoms with Gasteiger partial charge in [0.1, 0.15) is 0 Å². The number of fused-ring (bicyclic) bond motifs is 1. The third-order valence-electron chi connectivity index (χ3n) is 2.46. The molecule has 0 saturated heterocycles. The molecule has 0 amide bonds. The zero-order valence-electron chi connectivity index (χ0n) is 8.19. The highest BCUT2D eigenvalue weighted by atomic mass is 35.5. The van der Waals surface area contributed by atoms with Crippen LogP contribution in [-0.2, 0) is 6.42 Å². The van der Waals surface area contributed by atoms with E-state index in [0.29, 0.717) is 0 Å². The fraction of sp³-hybridized carbons (Fsp3) is 0.400. The van der Waals surface area contributed by atoms with E-state index in [0.717, 1.165) is 12.2 Å². The molecule has 1 aliphatic heterocycles. The second kappa shape index (κ2) is 5.32. The molecule has 0 saturated carbocycles. The Bertz CT molecular complexity index is 302. The minimum absolute atomic E-state index is 0. The lowest BCUT2D eigenvalue weighted by molar-refractivity contribution is 0.745. The Morgan fingerprint density at radius 3 is 2.71 bits per heavy atom. The molecule has 0 bridgehead atoms. The summed E-state index contributed by atoms with van der Waals surface area (Å²) in [5.74, 6) is 0. The Hall–Kier alpha value is -0.600. The molecule has 0 aliphatic carbocycles. The summed E-state index contributed by atoms with van der Waals surface area (Å²) in [5.41, 5.74) is 9.32. The topological polar surface area (TPSA) is 29.3 Å². The van der Waals surface area contributed by atoms with E-state index < -0.39 is 0 Å². The SMILES string of the molecule is CN1CCCc2ccc(N)cc21.Cl.Cl. The summed E-state index contributed by atoms with van der Waals surface area (Å²) >= 11 is 0. The molecule has 0 unspecified atom stereocenters. The van der Waals surface area contributed by atoms with Crippen molar-refractivity contribution in [1.29, 1.82) is 0 Å². The minimum atomic E-state index is 0. The molecule has 2 nitrogen and oxygen atoms in total. The van der Waals surface area contributed by atoms with Crippen LogP contribution in [0, 0.1) is 0 Å². The number of aryl methyl sites for hydroxylation is 1. The molecule has 1 aromatic rings. The van der Waals surface area contributed by atoms with Gasteiger partial charge in [-0.15, -0.1) is 24.8 Å². The lowest BCUT2D eigenvalue weighted by Gasteiger charge is -2.27. The maximum Gasteiger partial charge on any atom is 0.0416 e. The maximum absolute atomic E-state index is 5.72. The largest absolute Gasteiger partial charge is 0.399 e. The zero-order valence-corrected chi connectivity index (χ0v) is 9.83. The number of halogens is 2. The van der Waals surface area contributed by atoms with E-state index in [-0.39, 0.29) is 24.8 Å². The number of hydrogen-bond donors (Lipinski definition) is 1. The molecule has 1 aromatic carbocycles. The molecule has 0 aromatic heterocycles. The monoisotopic (exact) mass is 234 g/mol. The lowest BCUT2D eigenvalue weighted by atomic mass is 10.0. The van der Waals surface area contributed by atoms with Crippen molar-refractivity contribution in [1.82, 2.24) is 0 Å². The van der Waals surface area contributed by atoms with Crippen LogP contribution in [0.3, 0.4) is 0 Å². The van der Waals surface area contributed by atoms with E-state index in [1.54, 1.807) is 0 Å². The van der Waals surface area contributed by atoms with Gasteiger partial charge >= 0.3 is 0 Å². The van der Waals surface area contributed by atoms with E-state index in [1.807, 2.05) is 6.07 Å². The van der Waals surface area contributed by atoms with E-state index in [2.05, 4.69) is 24.1 Å². The first-order valence-corrected chi connectivity index (χ1v) is 4.37. The van der Waals surface area contributed by atoms with Gasteiger partial charge in [0, 0.05) is 25.0 Å². The first kappa shape index (κ1) is 13.4. The Morgan fingerprint density at radius 2 is 2.00 bits per heavy atom. The Balaban J connectivity index is 0.000000845. The summed E-state index contributed by atoms with van der Waals surface area (Å²) in [7, 11) is 2.12. The number of benzene rings is 1. The lowest BCUT2D eigenvalue weighted by Crippen LogP contribution is -2.24. The van der Waals surface area contributed by atoms with Gasteiger partial charge in [0.25, 0.3) is 0 Å². The van der Waals surface area contributed by atoms with Gasteiger partial charge in [0.15, 0.2) is 0 Å². The van der Waals surface area contributed by atoms with Crippen molar-refractivity contribution < 1.29 is 0 Å². The summed E-state index contributed by atoms with van der Waals surface area (Å²) in [5, 5.41) is 0. The van der Waals surface area contributed by atoms with Gasteiger partial charge in [0.05, 0.1) is 0 Å². The summed E-state index contributed by atoms with van der Waals surface area (Å²) < 4.78 is 0. The summed E-state index contributed by atoms with van der Waals surface area (Å²) in [6.07, 6.45) is 2.45. The van der Waals surface area contributed by atoms with Crippen molar-refractivity contribution >= 4 is 36.2 Å². The smallest absolute Gasteiger partial charge is 0.0416 e. The van der Waals surface area contributed by atoms with Gasteiger partial charge in [-0.25, -0.2) is 0 Å². The quantitative estimate of drug-likeness (QED) is 0.700. The van der Waals surface area contributed by atoms with Crippen LogP contribution in [0.15, 0.2) is 18.2 Å². The Morgan fingerprint density at radius 1 is 1.29 bits per heavy atom. The maximum atomic E-state index is 5.72. The Kier molecular flexibility index (Phi) is 5.09. The number of nitrogens with zero attached hydrogens (tertiary/aromatic N) is 1. The van der Waals surface area contributed by atoms with Gasteiger partial charge < -0.3 is 10.6 Å². The van der Waals surface area contributed by atoms with Crippen LogP contribution in [0.1, 0.15) is 12.0 Å². The molecule has 0 spiro atoms. The van der Waals surface area contributed by atoms with Gasteiger partial charge in [-0.05, 0) is 30.5 Å². The van der Waals surface area contributed by atoms with Gasteiger partial charge in [-0.3, -0.25) is 0 Å². The molecule has 0 radical (unpaired) electrons. The van der Waals surface area contributed by atoms with Crippen LogP contribution < -0.4 is 10.6 Å². The summed E-state index contributed by atoms with van der Waals surface area (Å²) in [6.45, 7) is 1.15. The minimum Gasteiger partial charge on any atom is -0.399 e. The number of anilines is 2. The summed E-state index contributed by atoms with van der Waals surface area (Å²) in [4.78, 5) is 2.27. The second-order valence-electron chi connectivity index (χ2n) is 3.41. The van der Waals surface area contributed by atoms with Gasteiger partial charge in [-0.1, -0.05) is 6.07 Å². The molecule has 1 heterocycles. The van der Waals surface area contributed by atoms with Gasteiger partial charge in [0.2, 0.25) is 0 Å². The molecule has 2 N–H and O–H groups in total. The Labute approximate surface area is 97.3 Å². The number of rotatable bonds is 0. The fourth-order valence-electron chi connectivity index (χ4n) is 1.77. The average Bonchev–Trinajstić information content (AvgIpc) is 2.07. The molecule has 14 heavy (non-hydrogen) atoms. The number of nitrogens with two attached hydrogens (primary N) is 1. The van der Waals surface area contributed by atoms with E-state index >= 15 is 0 Å². The molecule has 1 aliphatic rings. The zero-order chi connectivity index (χ0) is 8.55. The highest BCUT2D eigenvalue weighted by Crippen LogP contribution is 2.27. The predicted molar refractivity (Wildman–Crippen MR) is 66.9 cm³/mol. The third kappa shape index (κ3) is 2.46. The predicted octanol–water partition coefficient (Wildman–Crippen LogP) is 2.49. The van der Waals surface area contributed by atoms with E-state index in [1.165, 1.54) is 24.1 Å². The van der Waals surface area contributed by atoms with E-state index in [4.69, 9.17) is 5.73 Å². The highest BCUT2D eigenvalue weighted by Gasteiger charge is 2.12. The molecular weight excluding hydrogens is 219 g/mol. The van der Waals surface area contributed by atoms with Crippen LogP contribution >= 0.6 is 24.8 Å². The fourth-order valence-corrected chi connectivity index (χ4v) is 1.77. The molecule has 4 heteroatoms. The van der Waals surface area contributed by atoms with Crippen molar-refractivity contribution in [3.05, 3.63) is 23.8 Å². The molecule has 80 valence electrons. The molecule has 0 fully saturated rings. The van der Waals surface area contributed by atoms with Crippen molar-refractivity contribution in [3.8, 4) is 0 Å². The first-order valence-electron chi connectivity index (χ1n) is 4.37. The molecule has 2 rings (SSSR count).